The van der Waals surface area contributed by atoms with Crippen molar-refractivity contribution in [3.8, 4) is 0 Å². The van der Waals surface area contributed by atoms with Crippen LogP contribution >= 0.6 is 11.3 Å². The second kappa shape index (κ2) is 4.00. The van der Waals surface area contributed by atoms with E-state index >= 15 is 0 Å². The van der Waals surface area contributed by atoms with E-state index in [-0.39, 0.29) is 4.21 Å². The van der Waals surface area contributed by atoms with Gasteiger partial charge in [0.25, 0.3) is 10.0 Å². The molecule has 0 aliphatic heterocycles. The first-order valence-corrected chi connectivity index (χ1v) is 6.38. The van der Waals surface area contributed by atoms with Gasteiger partial charge in [0, 0.05) is 0 Å². The molecule has 2 aromatic rings. The second-order valence-electron chi connectivity index (χ2n) is 2.66. The van der Waals surface area contributed by atoms with Crippen LogP contribution in [0.5, 0.6) is 0 Å². The number of nitrogens with zero attached hydrogens (tertiary/aromatic N) is 1. The van der Waals surface area contributed by atoms with Gasteiger partial charge in [-0.15, -0.1) is 11.3 Å². The average molecular weight is 241 g/mol. The van der Waals surface area contributed by atoms with Crippen LogP contribution < -0.4 is 0 Å². The van der Waals surface area contributed by atoms with E-state index in [1.54, 1.807) is 23.6 Å². The lowest BCUT2D eigenvalue weighted by Gasteiger charge is -1.91. The largest absolute Gasteiger partial charge is 0.463 e. The van der Waals surface area contributed by atoms with Crippen LogP contribution in [0, 0.1) is 0 Å². The van der Waals surface area contributed by atoms with Crippen LogP contribution in [-0.4, -0.2) is 14.6 Å². The molecular weight excluding hydrogens is 234 g/mol. The highest BCUT2D eigenvalue weighted by atomic mass is 32.2. The summed E-state index contributed by atoms with van der Waals surface area (Å²) in [6.07, 6.45) is 2.65. The Morgan fingerprint density at radius 1 is 1.33 bits per heavy atom. The van der Waals surface area contributed by atoms with Crippen molar-refractivity contribution in [1.29, 1.82) is 0 Å². The molecule has 0 aliphatic carbocycles. The van der Waals surface area contributed by atoms with Gasteiger partial charge in [-0.05, 0) is 23.6 Å². The van der Waals surface area contributed by atoms with Crippen molar-refractivity contribution < 1.29 is 12.8 Å². The summed E-state index contributed by atoms with van der Waals surface area (Å²) in [5.74, 6) is 0.412. The number of thiophene rings is 1. The molecule has 0 spiro atoms. The highest BCUT2D eigenvalue weighted by Gasteiger charge is 2.12. The molecule has 2 rings (SSSR count). The van der Waals surface area contributed by atoms with Gasteiger partial charge < -0.3 is 4.42 Å². The first kappa shape index (κ1) is 10.1. The van der Waals surface area contributed by atoms with Gasteiger partial charge in [0.05, 0.1) is 12.5 Å². The topological polar surface area (TPSA) is 59.6 Å². The maximum Gasteiger partial charge on any atom is 0.291 e. The van der Waals surface area contributed by atoms with Crippen molar-refractivity contribution in [2.45, 2.75) is 4.21 Å². The SMILES string of the molecule is O=S(=O)(/N=C\c1ccco1)c1cccs1. The Labute approximate surface area is 90.9 Å². The summed E-state index contributed by atoms with van der Waals surface area (Å²) in [7, 11) is -3.57. The third kappa shape index (κ3) is 2.34. The molecular formula is C9H7NO3S2. The number of rotatable bonds is 3. The Kier molecular flexibility index (Phi) is 2.70. The first-order valence-electron chi connectivity index (χ1n) is 4.06. The van der Waals surface area contributed by atoms with Gasteiger partial charge in [-0.1, -0.05) is 6.07 Å². The third-order valence-corrected chi connectivity index (χ3v) is 4.22. The standard InChI is InChI=1S/C9H7NO3S2/c11-15(12,9-4-2-6-14-9)10-7-8-3-1-5-13-8/h1-7H/b10-7-. The van der Waals surface area contributed by atoms with Crippen LogP contribution in [0.2, 0.25) is 0 Å². The van der Waals surface area contributed by atoms with Crippen molar-refractivity contribution in [3.63, 3.8) is 0 Å². The lowest BCUT2D eigenvalue weighted by Crippen LogP contribution is -1.93. The lowest BCUT2D eigenvalue weighted by atomic mass is 10.5. The number of sulfonamides is 1. The van der Waals surface area contributed by atoms with Crippen molar-refractivity contribution >= 4 is 27.6 Å². The van der Waals surface area contributed by atoms with Gasteiger partial charge in [-0.3, -0.25) is 0 Å². The minimum absolute atomic E-state index is 0.227. The van der Waals surface area contributed by atoms with Crippen molar-refractivity contribution in [3.05, 3.63) is 41.7 Å². The zero-order chi connectivity index (χ0) is 10.7. The van der Waals surface area contributed by atoms with Crippen molar-refractivity contribution in [2.75, 3.05) is 0 Å². The summed E-state index contributed by atoms with van der Waals surface area (Å²) in [5, 5.41) is 1.69. The summed E-state index contributed by atoms with van der Waals surface area (Å²) in [5.41, 5.74) is 0. The van der Waals surface area contributed by atoms with Gasteiger partial charge in [0.1, 0.15) is 9.97 Å². The van der Waals surface area contributed by atoms with Crippen LogP contribution in [-0.2, 0) is 10.0 Å². The second-order valence-corrected chi connectivity index (χ2v) is 5.46. The highest BCUT2D eigenvalue weighted by Crippen LogP contribution is 2.18. The smallest absolute Gasteiger partial charge is 0.291 e. The molecule has 0 aromatic carbocycles. The van der Waals surface area contributed by atoms with Crippen LogP contribution in [0.4, 0.5) is 0 Å². The predicted octanol–water partition coefficient (Wildman–Crippen LogP) is 2.15. The summed E-state index contributed by atoms with van der Waals surface area (Å²) in [6.45, 7) is 0. The molecule has 0 unspecified atom stereocenters. The van der Waals surface area contributed by atoms with E-state index in [0.717, 1.165) is 11.3 Å². The van der Waals surface area contributed by atoms with Gasteiger partial charge in [0.2, 0.25) is 0 Å². The molecule has 0 atom stereocenters. The molecule has 0 aliphatic rings. The Hall–Kier alpha value is -1.40. The summed E-state index contributed by atoms with van der Waals surface area (Å²) >= 11 is 1.13. The Balaban J connectivity index is 2.26. The summed E-state index contributed by atoms with van der Waals surface area (Å²) in [4.78, 5) is 0. The molecule has 0 amide bonds. The quantitative estimate of drug-likeness (QED) is 0.773. The van der Waals surface area contributed by atoms with Gasteiger partial charge >= 0.3 is 0 Å². The maximum atomic E-state index is 11.6. The zero-order valence-electron chi connectivity index (χ0n) is 7.53. The molecule has 15 heavy (non-hydrogen) atoms. The fourth-order valence-corrected chi connectivity index (χ4v) is 2.78. The minimum atomic E-state index is -3.57. The van der Waals surface area contributed by atoms with E-state index in [9.17, 15) is 8.42 Å². The zero-order valence-corrected chi connectivity index (χ0v) is 9.16. The Morgan fingerprint density at radius 2 is 2.20 bits per heavy atom. The van der Waals surface area contributed by atoms with E-state index < -0.39 is 10.0 Å². The van der Waals surface area contributed by atoms with E-state index in [2.05, 4.69) is 4.40 Å². The predicted molar refractivity (Wildman–Crippen MR) is 57.8 cm³/mol. The molecule has 2 heterocycles. The van der Waals surface area contributed by atoms with Gasteiger partial charge in [-0.25, -0.2) is 0 Å². The molecule has 0 saturated carbocycles. The monoisotopic (exact) mass is 241 g/mol. The molecule has 0 bridgehead atoms. The van der Waals surface area contributed by atoms with Crippen molar-refractivity contribution in [2.24, 2.45) is 4.40 Å². The third-order valence-electron chi connectivity index (χ3n) is 1.61. The normalized spacial score (nSPS) is 12.3. The van der Waals surface area contributed by atoms with Crippen molar-refractivity contribution in [1.82, 2.24) is 0 Å². The maximum absolute atomic E-state index is 11.6. The van der Waals surface area contributed by atoms with Gasteiger partial charge in [0.15, 0.2) is 0 Å². The highest BCUT2D eigenvalue weighted by molar-refractivity contribution is 7.92. The molecule has 0 N–H and O–H groups in total. The number of hydrogen-bond acceptors (Lipinski definition) is 4. The van der Waals surface area contributed by atoms with E-state index in [0.29, 0.717) is 5.76 Å². The Morgan fingerprint density at radius 3 is 2.80 bits per heavy atom. The molecule has 78 valence electrons. The molecule has 0 fully saturated rings. The van der Waals surface area contributed by atoms with Crippen LogP contribution in [0.15, 0.2) is 48.9 Å². The van der Waals surface area contributed by atoms with Crippen LogP contribution in [0.3, 0.4) is 0 Å². The lowest BCUT2D eigenvalue weighted by molar-refractivity contribution is 0.560. The summed E-state index contributed by atoms with van der Waals surface area (Å²) in [6, 6.07) is 6.48. The molecule has 6 heteroatoms. The average Bonchev–Trinajstić information content (AvgIpc) is 2.88. The molecule has 0 radical (unpaired) electrons. The molecule has 4 nitrogen and oxygen atoms in total. The van der Waals surface area contributed by atoms with E-state index in [1.165, 1.54) is 18.5 Å². The number of furan rings is 1. The van der Waals surface area contributed by atoms with Gasteiger partial charge in [-0.2, -0.15) is 12.8 Å². The fourth-order valence-electron chi connectivity index (χ4n) is 0.948. The van der Waals surface area contributed by atoms with E-state index in [1.807, 2.05) is 0 Å². The summed E-state index contributed by atoms with van der Waals surface area (Å²) < 4.78 is 31.8. The molecule has 0 saturated heterocycles. The first-order chi connectivity index (χ1) is 7.18. The Bertz CT molecular complexity index is 538. The fraction of sp³-hybridized carbons (Fsp3) is 0. The van der Waals surface area contributed by atoms with E-state index in [4.69, 9.17) is 4.42 Å². The number of hydrogen-bond donors (Lipinski definition) is 0. The van der Waals surface area contributed by atoms with Crippen LogP contribution in [0.25, 0.3) is 0 Å². The van der Waals surface area contributed by atoms with Crippen LogP contribution in [0.1, 0.15) is 5.76 Å². The minimum Gasteiger partial charge on any atom is -0.463 e. The molecule has 2 aromatic heterocycles.